The number of nitrogens with zero attached hydrogens (tertiary/aromatic N) is 3. The summed E-state index contributed by atoms with van der Waals surface area (Å²) in [5.74, 6) is -0.256. The van der Waals surface area contributed by atoms with Crippen LogP contribution in [0.1, 0.15) is 37.6 Å². The number of hydrogen-bond donors (Lipinski definition) is 2. The van der Waals surface area contributed by atoms with Crippen LogP contribution >= 0.6 is 0 Å². The molecule has 7 heteroatoms. The Labute approximate surface area is 135 Å². The summed E-state index contributed by atoms with van der Waals surface area (Å²) >= 11 is 0. The van der Waals surface area contributed by atoms with Gasteiger partial charge < -0.3 is 16.2 Å². The Morgan fingerprint density at radius 3 is 2.30 bits per heavy atom. The average molecular weight is 315 g/mol. The van der Waals surface area contributed by atoms with Gasteiger partial charge in [0.05, 0.1) is 5.92 Å². The van der Waals surface area contributed by atoms with Crippen LogP contribution in [0.5, 0.6) is 0 Å². The van der Waals surface area contributed by atoms with Gasteiger partial charge in [-0.2, -0.15) is 15.0 Å². The summed E-state index contributed by atoms with van der Waals surface area (Å²) in [6, 6.07) is 9.59. The Morgan fingerprint density at radius 1 is 1.13 bits per heavy atom. The molecule has 0 amide bonds. The van der Waals surface area contributed by atoms with Crippen molar-refractivity contribution in [2.75, 3.05) is 11.5 Å². The number of rotatable bonds is 6. The van der Waals surface area contributed by atoms with Crippen LogP contribution in [0.4, 0.5) is 11.9 Å². The molecule has 1 aromatic heterocycles. The van der Waals surface area contributed by atoms with E-state index in [0.717, 1.165) is 12.0 Å². The average Bonchev–Trinajstić information content (AvgIpc) is 2.53. The van der Waals surface area contributed by atoms with E-state index in [0.29, 0.717) is 0 Å². The molecule has 1 aromatic carbocycles. The summed E-state index contributed by atoms with van der Waals surface area (Å²) in [7, 11) is 0. The quantitative estimate of drug-likeness (QED) is 0.782. The highest BCUT2D eigenvalue weighted by Gasteiger charge is 2.27. The van der Waals surface area contributed by atoms with Gasteiger partial charge in [-0.1, -0.05) is 50.6 Å². The smallest absolute Gasteiger partial charge is 0.314 e. The molecule has 2 rings (SSSR count). The molecule has 2 aromatic rings. The monoisotopic (exact) mass is 315 g/mol. The van der Waals surface area contributed by atoms with Crippen LogP contribution in [0.15, 0.2) is 30.3 Å². The molecule has 0 bridgehead atoms. The number of carbonyl (C=O) groups excluding carboxylic acids is 1. The third kappa shape index (κ3) is 4.38. The zero-order valence-electron chi connectivity index (χ0n) is 13.3. The Balaban J connectivity index is 2.12. The highest BCUT2D eigenvalue weighted by molar-refractivity contribution is 5.78. The van der Waals surface area contributed by atoms with Crippen LogP contribution in [-0.2, 0) is 16.1 Å². The zero-order valence-corrected chi connectivity index (χ0v) is 13.3. The van der Waals surface area contributed by atoms with Gasteiger partial charge >= 0.3 is 5.97 Å². The molecule has 0 unspecified atom stereocenters. The maximum Gasteiger partial charge on any atom is 0.314 e. The van der Waals surface area contributed by atoms with Crippen molar-refractivity contribution in [1.29, 1.82) is 0 Å². The molecule has 0 aliphatic carbocycles. The lowest BCUT2D eigenvalue weighted by Gasteiger charge is -2.21. The number of aromatic nitrogens is 3. The molecule has 0 saturated heterocycles. The first-order chi connectivity index (χ1) is 11.0. The van der Waals surface area contributed by atoms with E-state index in [-0.39, 0.29) is 42.1 Å². The van der Waals surface area contributed by atoms with E-state index in [4.69, 9.17) is 16.2 Å². The van der Waals surface area contributed by atoms with E-state index in [1.54, 1.807) is 0 Å². The molecule has 0 saturated carbocycles. The Morgan fingerprint density at radius 2 is 1.74 bits per heavy atom. The van der Waals surface area contributed by atoms with Crippen LogP contribution in [0.2, 0.25) is 0 Å². The van der Waals surface area contributed by atoms with Gasteiger partial charge in [-0.15, -0.1) is 0 Å². The normalized spacial score (nSPS) is 13.3. The number of nitrogen functional groups attached to an aromatic ring is 2. The summed E-state index contributed by atoms with van der Waals surface area (Å²) in [5, 5.41) is 0. The molecule has 0 fully saturated rings. The van der Waals surface area contributed by atoms with E-state index in [1.165, 1.54) is 0 Å². The third-order valence-corrected chi connectivity index (χ3v) is 3.69. The van der Waals surface area contributed by atoms with Gasteiger partial charge in [0.25, 0.3) is 0 Å². The van der Waals surface area contributed by atoms with Crippen molar-refractivity contribution in [3.05, 3.63) is 41.7 Å². The van der Waals surface area contributed by atoms with Gasteiger partial charge in [-0.05, 0) is 11.5 Å². The Bertz CT molecular complexity index is 643. The second-order valence-electron chi connectivity index (χ2n) is 5.35. The van der Waals surface area contributed by atoms with E-state index in [2.05, 4.69) is 15.0 Å². The maximum atomic E-state index is 12.5. The van der Waals surface area contributed by atoms with Gasteiger partial charge in [0.1, 0.15) is 0 Å². The molecule has 4 N–H and O–H groups in total. The SMILES string of the molecule is CC[C@H](C)[C@H](C(=O)OCc1nc(N)nc(N)n1)c1ccccc1. The van der Waals surface area contributed by atoms with Crippen molar-refractivity contribution in [3.8, 4) is 0 Å². The third-order valence-electron chi connectivity index (χ3n) is 3.69. The largest absolute Gasteiger partial charge is 0.457 e. The summed E-state index contributed by atoms with van der Waals surface area (Å²) < 4.78 is 5.37. The molecule has 23 heavy (non-hydrogen) atoms. The molecule has 0 spiro atoms. The maximum absolute atomic E-state index is 12.5. The number of esters is 1. The van der Waals surface area contributed by atoms with E-state index in [1.807, 2.05) is 44.2 Å². The predicted molar refractivity (Wildman–Crippen MR) is 87.1 cm³/mol. The number of nitrogens with two attached hydrogens (primary N) is 2. The topological polar surface area (TPSA) is 117 Å². The molecule has 2 atom stereocenters. The van der Waals surface area contributed by atoms with Gasteiger partial charge in [-0.25, -0.2) is 0 Å². The van der Waals surface area contributed by atoms with Crippen molar-refractivity contribution >= 4 is 17.9 Å². The van der Waals surface area contributed by atoms with Gasteiger partial charge in [0.15, 0.2) is 12.4 Å². The molecule has 0 aliphatic heterocycles. The minimum atomic E-state index is -0.335. The number of anilines is 2. The zero-order chi connectivity index (χ0) is 16.8. The molecular formula is C16H21N5O2. The first-order valence-corrected chi connectivity index (χ1v) is 7.48. The van der Waals surface area contributed by atoms with Gasteiger partial charge in [0.2, 0.25) is 11.9 Å². The second-order valence-corrected chi connectivity index (χ2v) is 5.35. The van der Waals surface area contributed by atoms with Crippen molar-refractivity contribution in [2.45, 2.75) is 32.8 Å². The molecule has 0 radical (unpaired) electrons. The Kier molecular flexibility index (Phi) is 5.46. The first kappa shape index (κ1) is 16.7. The Hall–Kier alpha value is -2.70. The fourth-order valence-electron chi connectivity index (χ4n) is 2.34. The fourth-order valence-corrected chi connectivity index (χ4v) is 2.34. The van der Waals surface area contributed by atoms with Crippen molar-refractivity contribution < 1.29 is 9.53 Å². The van der Waals surface area contributed by atoms with Crippen LogP contribution in [-0.4, -0.2) is 20.9 Å². The lowest BCUT2D eigenvalue weighted by molar-refractivity contribution is -0.148. The highest BCUT2D eigenvalue weighted by Crippen LogP contribution is 2.28. The van der Waals surface area contributed by atoms with Gasteiger partial charge in [-0.3, -0.25) is 4.79 Å². The summed E-state index contributed by atoms with van der Waals surface area (Å²) in [6.07, 6.45) is 0.861. The minimum Gasteiger partial charge on any atom is -0.457 e. The van der Waals surface area contributed by atoms with Crippen molar-refractivity contribution in [1.82, 2.24) is 15.0 Å². The van der Waals surface area contributed by atoms with Crippen LogP contribution < -0.4 is 11.5 Å². The van der Waals surface area contributed by atoms with E-state index in [9.17, 15) is 4.79 Å². The fraction of sp³-hybridized carbons (Fsp3) is 0.375. The molecule has 1 heterocycles. The second kappa shape index (κ2) is 7.53. The van der Waals surface area contributed by atoms with Gasteiger partial charge in [0, 0.05) is 0 Å². The number of hydrogen-bond acceptors (Lipinski definition) is 7. The van der Waals surface area contributed by atoms with E-state index >= 15 is 0 Å². The number of ether oxygens (including phenoxy) is 1. The van der Waals surface area contributed by atoms with Crippen LogP contribution in [0.25, 0.3) is 0 Å². The summed E-state index contributed by atoms with van der Waals surface area (Å²) in [6.45, 7) is 3.98. The highest BCUT2D eigenvalue weighted by atomic mass is 16.5. The molecular weight excluding hydrogens is 294 g/mol. The molecule has 122 valence electrons. The van der Waals surface area contributed by atoms with Crippen molar-refractivity contribution in [3.63, 3.8) is 0 Å². The van der Waals surface area contributed by atoms with E-state index < -0.39 is 0 Å². The molecule has 7 nitrogen and oxygen atoms in total. The minimum absolute atomic E-state index is 0.00471. The van der Waals surface area contributed by atoms with Crippen molar-refractivity contribution in [2.24, 2.45) is 5.92 Å². The molecule has 0 aliphatic rings. The predicted octanol–water partition coefficient (Wildman–Crippen LogP) is 1.91. The lowest BCUT2D eigenvalue weighted by atomic mass is 9.86. The number of benzene rings is 1. The number of carbonyl (C=O) groups is 1. The standard InChI is InChI=1S/C16H21N5O2/c1-3-10(2)13(11-7-5-4-6-8-11)14(22)23-9-12-19-15(17)21-16(18)20-12/h4-8,10,13H,3,9H2,1-2H3,(H4,17,18,19,20,21)/t10-,13-/m0/s1. The summed E-state index contributed by atoms with van der Waals surface area (Å²) in [5.41, 5.74) is 11.9. The van der Waals surface area contributed by atoms with Crippen LogP contribution in [0, 0.1) is 5.92 Å². The lowest BCUT2D eigenvalue weighted by Crippen LogP contribution is -2.22. The first-order valence-electron chi connectivity index (χ1n) is 7.48. The summed E-state index contributed by atoms with van der Waals surface area (Å²) in [4.78, 5) is 24.0. The van der Waals surface area contributed by atoms with Crippen LogP contribution in [0.3, 0.4) is 0 Å².